The summed E-state index contributed by atoms with van der Waals surface area (Å²) >= 11 is 0. The molecule has 0 unspecified atom stereocenters. The van der Waals surface area contributed by atoms with Crippen LogP contribution < -0.4 is 4.74 Å². The molecule has 10 heteroatoms. The zero-order chi connectivity index (χ0) is 25.0. The van der Waals surface area contributed by atoms with Crippen molar-refractivity contribution in [3.8, 4) is 11.5 Å². The molecule has 2 rings (SSSR count). The molecule has 0 aliphatic carbocycles. The van der Waals surface area contributed by atoms with Gasteiger partial charge in [0.25, 0.3) is 0 Å². The molecule has 0 aromatic heterocycles. The minimum atomic E-state index is -4.68. The van der Waals surface area contributed by atoms with Gasteiger partial charge in [0.15, 0.2) is 6.61 Å². The van der Waals surface area contributed by atoms with E-state index in [2.05, 4.69) is 0 Å². The van der Waals surface area contributed by atoms with Gasteiger partial charge >= 0.3 is 18.3 Å². The number of ether oxygens (including phenoxy) is 1. The minimum Gasteiger partial charge on any atom is -0.507 e. The molecule has 0 fully saturated rings. The topological polar surface area (TPSA) is 66.8 Å². The predicted octanol–water partition coefficient (Wildman–Crippen LogP) is 6.73. The number of carboxylic acid groups (broad SMARTS) is 1. The van der Waals surface area contributed by atoms with E-state index >= 15 is 0 Å². The van der Waals surface area contributed by atoms with Crippen molar-refractivity contribution in [3.05, 3.63) is 69.8 Å². The molecule has 178 valence electrons. The quantitative estimate of drug-likeness (QED) is 0.265. The lowest BCUT2D eigenvalue weighted by Gasteiger charge is -2.17. The number of hydrogen-bond acceptors (Lipinski definition) is 3. The van der Waals surface area contributed by atoms with E-state index in [1.54, 1.807) is 19.9 Å². The summed E-state index contributed by atoms with van der Waals surface area (Å²) in [5.41, 5.74) is -0.725. The summed E-state index contributed by atoms with van der Waals surface area (Å²) in [4.78, 5) is 11.8. The second kappa shape index (κ2) is 10.0. The number of aromatic carboxylic acids is 1. The monoisotopic (exact) mass is 474 g/mol. The number of phenols is 1. The van der Waals surface area contributed by atoms with E-state index in [0.717, 1.165) is 42.0 Å². The number of halogens is 6. The number of allylic oxidation sites excluding steroid dienone is 2. The lowest BCUT2D eigenvalue weighted by atomic mass is 9.97. The lowest BCUT2D eigenvalue weighted by Crippen LogP contribution is -2.20. The summed E-state index contributed by atoms with van der Waals surface area (Å²) in [6.45, 7) is 1.77. The highest BCUT2D eigenvalue weighted by molar-refractivity contribution is 5.97. The highest BCUT2D eigenvalue weighted by Gasteiger charge is 2.31. The second-order valence-electron chi connectivity index (χ2n) is 7.31. The molecule has 0 saturated heterocycles. The molecule has 2 aromatic rings. The number of alkyl halides is 6. The molecule has 0 amide bonds. The molecule has 0 heterocycles. The molecular formula is C23H20F6O4. The van der Waals surface area contributed by atoms with Crippen molar-refractivity contribution < 1.29 is 46.1 Å². The molecule has 33 heavy (non-hydrogen) atoms. The first kappa shape index (κ1) is 25.8. The van der Waals surface area contributed by atoms with E-state index in [-0.39, 0.29) is 28.9 Å². The van der Waals surface area contributed by atoms with Crippen LogP contribution in [0, 0.1) is 0 Å². The Hall–Kier alpha value is -3.43. The highest BCUT2D eigenvalue weighted by Crippen LogP contribution is 2.37. The Kier molecular flexibility index (Phi) is 7.84. The Morgan fingerprint density at radius 3 is 2.12 bits per heavy atom. The zero-order valence-corrected chi connectivity index (χ0v) is 17.5. The van der Waals surface area contributed by atoms with Crippen LogP contribution in [-0.2, 0) is 12.6 Å². The van der Waals surface area contributed by atoms with E-state index in [0.29, 0.717) is 0 Å². The predicted molar refractivity (Wildman–Crippen MR) is 110 cm³/mol. The summed E-state index contributed by atoms with van der Waals surface area (Å²) in [5, 5.41) is 20.1. The Labute approximate surface area is 185 Å². The molecule has 0 atom stereocenters. The maximum Gasteiger partial charge on any atom is 0.422 e. The Bertz CT molecular complexity index is 1060. The highest BCUT2D eigenvalue weighted by atomic mass is 19.4. The van der Waals surface area contributed by atoms with Crippen molar-refractivity contribution >= 4 is 18.1 Å². The zero-order valence-electron chi connectivity index (χ0n) is 17.5. The van der Waals surface area contributed by atoms with E-state index < -0.39 is 41.8 Å². The fourth-order valence-electron chi connectivity index (χ4n) is 2.82. The molecule has 2 aromatic carbocycles. The molecule has 0 bridgehead atoms. The van der Waals surface area contributed by atoms with Gasteiger partial charge in [-0.3, -0.25) is 0 Å². The number of rotatable bonds is 7. The number of carbonyl (C=O) groups is 1. The van der Waals surface area contributed by atoms with Crippen molar-refractivity contribution in [1.82, 2.24) is 0 Å². The normalized spacial score (nSPS) is 12.1. The van der Waals surface area contributed by atoms with Crippen molar-refractivity contribution in [2.75, 3.05) is 6.61 Å². The number of benzene rings is 2. The Morgan fingerprint density at radius 1 is 1.03 bits per heavy atom. The largest absolute Gasteiger partial charge is 0.507 e. The third-order valence-electron chi connectivity index (χ3n) is 4.41. The number of carboxylic acids is 1. The lowest BCUT2D eigenvalue weighted by molar-refractivity contribution is -0.153. The molecule has 2 N–H and O–H groups in total. The van der Waals surface area contributed by atoms with Crippen LogP contribution in [0.4, 0.5) is 26.3 Å². The summed E-state index contributed by atoms with van der Waals surface area (Å²) in [6, 6.07) is 4.99. The van der Waals surface area contributed by atoms with Gasteiger partial charge in [0.2, 0.25) is 0 Å². The van der Waals surface area contributed by atoms with Crippen molar-refractivity contribution in [2.45, 2.75) is 32.6 Å². The first-order valence-corrected chi connectivity index (χ1v) is 9.49. The van der Waals surface area contributed by atoms with Crippen LogP contribution in [0.2, 0.25) is 0 Å². The van der Waals surface area contributed by atoms with Crippen LogP contribution in [0.3, 0.4) is 0 Å². The first-order valence-electron chi connectivity index (χ1n) is 9.49. The van der Waals surface area contributed by atoms with Gasteiger partial charge in [-0.05, 0) is 49.6 Å². The van der Waals surface area contributed by atoms with Gasteiger partial charge < -0.3 is 14.9 Å². The average molecular weight is 474 g/mol. The van der Waals surface area contributed by atoms with Crippen molar-refractivity contribution in [3.63, 3.8) is 0 Å². The SMILES string of the molecule is CC(C)=CCc1c(OCC(F)(F)F)cc(/C=C/c2ccc(C(F)(F)F)cc2)c(C(=O)O)c1O. The fraction of sp³-hybridized carbons (Fsp3) is 0.261. The Balaban J connectivity index is 2.55. The summed E-state index contributed by atoms with van der Waals surface area (Å²) in [5.74, 6) is -2.66. The molecule has 0 aliphatic rings. The van der Waals surface area contributed by atoms with Crippen molar-refractivity contribution in [2.24, 2.45) is 0 Å². The van der Waals surface area contributed by atoms with Crippen LogP contribution >= 0.6 is 0 Å². The van der Waals surface area contributed by atoms with E-state index in [1.807, 2.05) is 0 Å². The van der Waals surface area contributed by atoms with Gasteiger partial charge in [0, 0.05) is 5.56 Å². The smallest absolute Gasteiger partial charge is 0.422 e. The minimum absolute atomic E-state index is 0.0788. The fourth-order valence-corrected chi connectivity index (χ4v) is 2.82. The van der Waals surface area contributed by atoms with Gasteiger partial charge in [-0.15, -0.1) is 0 Å². The number of hydrogen-bond donors (Lipinski definition) is 2. The molecular weight excluding hydrogens is 454 g/mol. The maximum absolute atomic E-state index is 12.7. The van der Waals surface area contributed by atoms with E-state index in [4.69, 9.17) is 4.74 Å². The summed E-state index contributed by atoms with van der Waals surface area (Å²) in [6.07, 6.45) is -5.27. The van der Waals surface area contributed by atoms with Crippen LogP contribution in [0.5, 0.6) is 11.5 Å². The Morgan fingerprint density at radius 2 is 1.64 bits per heavy atom. The van der Waals surface area contributed by atoms with E-state index in [9.17, 15) is 41.4 Å². The summed E-state index contributed by atoms with van der Waals surface area (Å²) < 4.78 is 81.0. The average Bonchev–Trinajstić information content (AvgIpc) is 2.68. The third-order valence-corrected chi connectivity index (χ3v) is 4.41. The molecule has 4 nitrogen and oxygen atoms in total. The second-order valence-corrected chi connectivity index (χ2v) is 7.31. The van der Waals surface area contributed by atoms with Gasteiger partial charge in [0.05, 0.1) is 5.56 Å². The number of aromatic hydroxyl groups is 1. The first-order chi connectivity index (χ1) is 15.2. The summed E-state index contributed by atoms with van der Waals surface area (Å²) in [7, 11) is 0. The third kappa shape index (κ3) is 7.30. The molecule has 0 aliphatic heterocycles. The van der Waals surface area contributed by atoms with Crippen LogP contribution in [0.1, 0.15) is 46.5 Å². The van der Waals surface area contributed by atoms with Gasteiger partial charge in [-0.2, -0.15) is 26.3 Å². The van der Waals surface area contributed by atoms with Gasteiger partial charge in [-0.25, -0.2) is 4.79 Å². The van der Waals surface area contributed by atoms with Crippen LogP contribution in [0.15, 0.2) is 42.0 Å². The van der Waals surface area contributed by atoms with Gasteiger partial charge in [0.1, 0.15) is 17.1 Å². The molecule has 0 radical (unpaired) electrons. The molecule has 0 saturated carbocycles. The van der Waals surface area contributed by atoms with E-state index in [1.165, 1.54) is 6.08 Å². The van der Waals surface area contributed by atoms with Gasteiger partial charge in [-0.1, -0.05) is 35.9 Å². The maximum atomic E-state index is 12.7. The van der Waals surface area contributed by atoms with Crippen molar-refractivity contribution in [1.29, 1.82) is 0 Å². The van der Waals surface area contributed by atoms with Crippen LogP contribution in [0.25, 0.3) is 12.2 Å². The molecule has 0 spiro atoms. The standard InChI is InChI=1S/C23H20F6O4/c1-13(2)3-10-17-18(33-12-22(24,25)26)11-15(19(20(17)30)21(31)32)7-4-14-5-8-16(9-6-14)23(27,28)29/h3-9,11,30H,10,12H2,1-2H3,(H,31,32)/b7-4+. The van der Waals surface area contributed by atoms with Crippen LogP contribution in [-0.4, -0.2) is 29.0 Å².